The molecule has 1 aliphatic heterocycles. The summed E-state index contributed by atoms with van der Waals surface area (Å²) in [5.74, 6) is 0.304. The number of nitrogens with zero attached hydrogens (tertiary/aromatic N) is 3. The molecule has 1 fully saturated rings. The molecule has 0 aromatic heterocycles. The highest BCUT2D eigenvalue weighted by Gasteiger charge is 2.23. The average molecular weight is 251 g/mol. The van der Waals surface area contributed by atoms with Gasteiger partial charge in [-0.2, -0.15) is 5.26 Å². The summed E-state index contributed by atoms with van der Waals surface area (Å²) >= 11 is 0. The van der Waals surface area contributed by atoms with Crippen molar-refractivity contribution in [3.8, 4) is 6.07 Å². The molecule has 0 N–H and O–H groups in total. The van der Waals surface area contributed by atoms with Crippen molar-refractivity contribution in [2.24, 2.45) is 0 Å². The van der Waals surface area contributed by atoms with Crippen LogP contribution in [0, 0.1) is 11.3 Å². The van der Waals surface area contributed by atoms with E-state index >= 15 is 0 Å². The first kappa shape index (κ1) is 14.7. The maximum Gasteiger partial charge on any atom is 0.236 e. The number of rotatable bonds is 5. The number of hydrogen-bond donors (Lipinski definition) is 0. The van der Waals surface area contributed by atoms with Gasteiger partial charge in [0.15, 0.2) is 0 Å². The minimum atomic E-state index is 0.0640. The number of carbonyl (C=O) groups is 2. The monoisotopic (exact) mass is 251 g/mol. The summed E-state index contributed by atoms with van der Waals surface area (Å²) in [5, 5.41) is 8.60. The third-order valence-corrected chi connectivity index (χ3v) is 3.25. The predicted octanol–water partition coefficient (Wildman–Crippen LogP) is 0.802. The normalized spacial score (nSPS) is 16.2. The van der Waals surface area contributed by atoms with E-state index in [4.69, 9.17) is 5.26 Å². The second kappa shape index (κ2) is 7.12. The lowest BCUT2D eigenvalue weighted by atomic mass is 10.1. The molecule has 1 heterocycles. The Labute approximate surface area is 108 Å². The summed E-state index contributed by atoms with van der Waals surface area (Å²) in [6.45, 7) is 6.08. The fraction of sp³-hybridized carbons (Fsp3) is 0.769. The molecule has 0 atom stereocenters. The molecule has 0 unspecified atom stereocenters. The molecular weight excluding hydrogens is 230 g/mol. The lowest BCUT2D eigenvalue weighted by Crippen LogP contribution is -2.46. The SMILES string of the molecule is CC(C)N(CCC#N)CC(=O)N1CCC(=O)CC1. The quantitative estimate of drug-likeness (QED) is 0.725. The van der Waals surface area contributed by atoms with Crippen LogP contribution in [0.5, 0.6) is 0 Å². The van der Waals surface area contributed by atoms with Crippen molar-refractivity contribution in [2.75, 3.05) is 26.2 Å². The van der Waals surface area contributed by atoms with Crippen LogP contribution < -0.4 is 0 Å². The molecular formula is C13H21N3O2. The average Bonchev–Trinajstić information content (AvgIpc) is 2.34. The van der Waals surface area contributed by atoms with Gasteiger partial charge in [0.05, 0.1) is 12.6 Å². The first-order chi connectivity index (χ1) is 8.54. The molecule has 18 heavy (non-hydrogen) atoms. The van der Waals surface area contributed by atoms with Crippen LogP contribution in [0.1, 0.15) is 33.1 Å². The largest absolute Gasteiger partial charge is 0.341 e. The number of amides is 1. The van der Waals surface area contributed by atoms with Crippen molar-refractivity contribution in [1.82, 2.24) is 9.80 Å². The molecule has 1 amide bonds. The smallest absolute Gasteiger partial charge is 0.236 e. The van der Waals surface area contributed by atoms with E-state index < -0.39 is 0 Å². The molecule has 0 saturated carbocycles. The highest BCUT2D eigenvalue weighted by molar-refractivity contribution is 5.84. The van der Waals surface area contributed by atoms with Crippen molar-refractivity contribution in [3.05, 3.63) is 0 Å². The minimum Gasteiger partial charge on any atom is -0.341 e. The van der Waals surface area contributed by atoms with E-state index in [-0.39, 0.29) is 17.7 Å². The number of piperidine rings is 1. The maximum atomic E-state index is 12.1. The van der Waals surface area contributed by atoms with Gasteiger partial charge >= 0.3 is 0 Å². The molecule has 0 aliphatic carbocycles. The zero-order valence-electron chi connectivity index (χ0n) is 11.2. The Kier molecular flexibility index (Phi) is 5.79. The highest BCUT2D eigenvalue weighted by Crippen LogP contribution is 2.08. The van der Waals surface area contributed by atoms with E-state index in [0.717, 1.165) is 0 Å². The molecule has 5 nitrogen and oxygen atoms in total. The minimum absolute atomic E-state index is 0.0640. The molecule has 0 radical (unpaired) electrons. The molecule has 1 rings (SSSR count). The predicted molar refractivity (Wildman–Crippen MR) is 67.8 cm³/mol. The Balaban J connectivity index is 2.45. The number of Topliss-reactive ketones (excluding diaryl/α,β-unsaturated/α-hetero) is 1. The molecule has 0 aromatic carbocycles. The zero-order chi connectivity index (χ0) is 13.5. The Hall–Kier alpha value is -1.41. The summed E-state index contributed by atoms with van der Waals surface area (Å²) in [6.07, 6.45) is 1.39. The number of nitriles is 1. The summed E-state index contributed by atoms with van der Waals surface area (Å²) in [7, 11) is 0. The second-order valence-electron chi connectivity index (χ2n) is 4.89. The topological polar surface area (TPSA) is 64.4 Å². The molecule has 0 bridgehead atoms. The van der Waals surface area contributed by atoms with Gasteiger partial charge in [0.25, 0.3) is 0 Å². The first-order valence-electron chi connectivity index (χ1n) is 6.45. The lowest BCUT2D eigenvalue weighted by molar-refractivity contribution is -0.135. The molecule has 0 aromatic rings. The van der Waals surface area contributed by atoms with Crippen LogP contribution in [0.2, 0.25) is 0 Å². The van der Waals surface area contributed by atoms with Crippen LogP contribution in [0.4, 0.5) is 0 Å². The highest BCUT2D eigenvalue weighted by atomic mass is 16.2. The van der Waals surface area contributed by atoms with Gasteiger partial charge in [-0.1, -0.05) is 0 Å². The van der Waals surface area contributed by atoms with E-state index in [9.17, 15) is 9.59 Å². The van der Waals surface area contributed by atoms with Gasteiger partial charge in [0.2, 0.25) is 5.91 Å². The number of hydrogen-bond acceptors (Lipinski definition) is 4. The number of carbonyl (C=O) groups excluding carboxylic acids is 2. The third kappa shape index (κ3) is 4.46. The fourth-order valence-electron chi connectivity index (χ4n) is 1.99. The zero-order valence-corrected chi connectivity index (χ0v) is 11.2. The van der Waals surface area contributed by atoms with Crippen LogP contribution in [-0.4, -0.2) is 53.7 Å². The number of ketones is 1. The summed E-state index contributed by atoms with van der Waals surface area (Å²) in [4.78, 5) is 26.9. The van der Waals surface area contributed by atoms with Gasteiger partial charge in [-0.15, -0.1) is 0 Å². The summed E-state index contributed by atoms with van der Waals surface area (Å²) in [5.41, 5.74) is 0. The molecule has 0 spiro atoms. The van der Waals surface area contributed by atoms with Gasteiger partial charge in [-0.25, -0.2) is 0 Å². The van der Waals surface area contributed by atoms with Crippen LogP contribution >= 0.6 is 0 Å². The molecule has 5 heteroatoms. The van der Waals surface area contributed by atoms with Crippen molar-refractivity contribution in [3.63, 3.8) is 0 Å². The van der Waals surface area contributed by atoms with E-state index in [2.05, 4.69) is 6.07 Å². The maximum absolute atomic E-state index is 12.1. The van der Waals surface area contributed by atoms with Crippen LogP contribution in [0.15, 0.2) is 0 Å². The summed E-state index contributed by atoms with van der Waals surface area (Å²) < 4.78 is 0. The first-order valence-corrected chi connectivity index (χ1v) is 6.45. The third-order valence-electron chi connectivity index (χ3n) is 3.25. The van der Waals surface area contributed by atoms with Crippen molar-refractivity contribution in [2.45, 2.75) is 39.2 Å². The van der Waals surface area contributed by atoms with E-state index in [1.165, 1.54) is 0 Å². The van der Waals surface area contributed by atoms with Gasteiger partial charge in [0, 0.05) is 44.9 Å². The van der Waals surface area contributed by atoms with Gasteiger partial charge in [0.1, 0.15) is 5.78 Å². The van der Waals surface area contributed by atoms with Crippen LogP contribution in [0.3, 0.4) is 0 Å². The Morgan fingerprint density at radius 3 is 2.56 bits per heavy atom. The van der Waals surface area contributed by atoms with Crippen molar-refractivity contribution in [1.29, 1.82) is 5.26 Å². The number of likely N-dealkylation sites (tertiary alicyclic amines) is 1. The van der Waals surface area contributed by atoms with E-state index in [0.29, 0.717) is 45.4 Å². The molecule has 1 saturated heterocycles. The van der Waals surface area contributed by atoms with Crippen LogP contribution in [-0.2, 0) is 9.59 Å². The van der Waals surface area contributed by atoms with Gasteiger partial charge in [-0.3, -0.25) is 14.5 Å². The Morgan fingerprint density at radius 1 is 1.44 bits per heavy atom. The van der Waals surface area contributed by atoms with Crippen molar-refractivity contribution < 1.29 is 9.59 Å². The van der Waals surface area contributed by atoms with Gasteiger partial charge < -0.3 is 4.90 Å². The summed E-state index contributed by atoms with van der Waals surface area (Å²) in [6, 6.07) is 2.34. The van der Waals surface area contributed by atoms with Crippen LogP contribution in [0.25, 0.3) is 0 Å². The second-order valence-corrected chi connectivity index (χ2v) is 4.89. The molecule has 1 aliphatic rings. The lowest BCUT2D eigenvalue weighted by Gasteiger charge is -2.31. The van der Waals surface area contributed by atoms with Gasteiger partial charge in [-0.05, 0) is 13.8 Å². The Bertz CT molecular complexity index is 337. The van der Waals surface area contributed by atoms with E-state index in [1.54, 1.807) is 4.90 Å². The standard InChI is InChI=1S/C13H21N3O2/c1-11(2)16(7-3-6-14)10-13(18)15-8-4-12(17)5-9-15/h11H,3-5,7-10H2,1-2H3. The molecule has 100 valence electrons. The fourth-order valence-corrected chi connectivity index (χ4v) is 1.99. The van der Waals surface area contributed by atoms with E-state index in [1.807, 2.05) is 18.7 Å². The van der Waals surface area contributed by atoms with Crippen molar-refractivity contribution >= 4 is 11.7 Å². The Morgan fingerprint density at radius 2 is 2.06 bits per heavy atom.